The zero-order chi connectivity index (χ0) is 12.0. The Balaban J connectivity index is 2.77. The van der Waals surface area contributed by atoms with Crippen LogP contribution in [0.4, 0.5) is 4.79 Å². The Kier molecular flexibility index (Phi) is 4.02. The van der Waals surface area contributed by atoms with E-state index in [4.69, 9.17) is 10.8 Å². The first-order chi connectivity index (χ1) is 7.59. The van der Waals surface area contributed by atoms with E-state index in [-0.39, 0.29) is 12.1 Å². The van der Waals surface area contributed by atoms with Crippen LogP contribution in [-0.4, -0.2) is 22.8 Å². The molecule has 4 N–H and O–H groups in total. The van der Waals surface area contributed by atoms with Gasteiger partial charge in [-0.05, 0) is 5.56 Å². The second-order valence-electron chi connectivity index (χ2n) is 3.00. The number of urea groups is 1. The highest BCUT2D eigenvalue weighted by atomic mass is 16.4. The summed E-state index contributed by atoms with van der Waals surface area (Å²) >= 11 is 0. The highest BCUT2D eigenvalue weighted by molar-refractivity contribution is 6.36. The van der Waals surface area contributed by atoms with Crippen LogP contribution in [0.25, 0.3) is 0 Å². The molecule has 1 aromatic carbocycles. The van der Waals surface area contributed by atoms with Gasteiger partial charge in [0.2, 0.25) is 0 Å². The highest BCUT2D eigenvalue weighted by Gasteiger charge is 2.10. The van der Waals surface area contributed by atoms with Crippen LogP contribution in [0.1, 0.15) is 5.56 Å². The molecule has 0 bridgehead atoms. The summed E-state index contributed by atoms with van der Waals surface area (Å²) in [7, 11) is 0. The van der Waals surface area contributed by atoms with Gasteiger partial charge in [-0.25, -0.2) is 15.0 Å². The van der Waals surface area contributed by atoms with E-state index in [9.17, 15) is 9.59 Å². The number of amides is 2. The summed E-state index contributed by atoms with van der Waals surface area (Å²) in [5.41, 5.74) is 7.29. The maximum atomic E-state index is 10.8. The Hall–Kier alpha value is -2.37. The van der Waals surface area contributed by atoms with Crippen LogP contribution >= 0.6 is 0 Å². The summed E-state index contributed by atoms with van der Waals surface area (Å²) in [5, 5.41) is 12.2. The molecule has 0 aromatic heterocycles. The summed E-state index contributed by atoms with van der Waals surface area (Å²) in [6.07, 6.45) is 0.121. The van der Waals surface area contributed by atoms with Crippen molar-refractivity contribution in [1.29, 1.82) is 0 Å². The van der Waals surface area contributed by atoms with Crippen molar-refractivity contribution in [2.45, 2.75) is 6.42 Å². The molecule has 0 atom stereocenters. The van der Waals surface area contributed by atoms with Gasteiger partial charge in [0.05, 0.1) is 0 Å². The van der Waals surface area contributed by atoms with Crippen molar-refractivity contribution >= 4 is 17.7 Å². The molecule has 1 rings (SSSR count). The second kappa shape index (κ2) is 5.50. The first-order valence-corrected chi connectivity index (χ1v) is 4.49. The molecule has 2 amide bonds. The molecule has 0 aliphatic rings. The quantitative estimate of drug-likeness (QED) is 0.504. The molecule has 0 fully saturated rings. The molecule has 16 heavy (non-hydrogen) atoms. The van der Waals surface area contributed by atoms with Gasteiger partial charge in [0.1, 0.15) is 5.71 Å². The fourth-order valence-corrected chi connectivity index (χ4v) is 1.07. The predicted molar refractivity (Wildman–Crippen MR) is 57.9 cm³/mol. The average molecular weight is 221 g/mol. The average Bonchev–Trinajstić information content (AvgIpc) is 2.25. The van der Waals surface area contributed by atoms with Crippen LogP contribution in [0.15, 0.2) is 35.4 Å². The summed E-state index contributed by atoms with van der Waals surface area (Å²) in [6.45, 7) is 0. The number of carboxylic acid groups (broad SMARTS) is 1. The van der Waals surface area contributed by atoms with Gasteiger partial charge in [-0.3, -0.25) is 0 Å². The zero-order valence-electron chi connectivity index (χ0n) is 8.38. The standard InChI is InChI=1S/C10H11N3O3/c11-10(16)13-12-8(9(14)15)6-7-4-2-1-3-5-7/h1-5H,6H2,(H,14,15)(H3,11,13,16)/b12-8-. The van der Waals surface area contributed by atoms with E-state index < -0.39 is 12.0 Å². The third-order valence-electron chi connectivity index (χ3n) is 1.76. The molecule has 0 heterocycles. The molecule has 0 radical (unpaired) electrons. The topological polar surface area (TPSA) is 105 Å². The third kappa shape index (κ3) is 3.79. The van der Waals surface area contributed by atoms with Crippen molar-refractivity contribution in [1.82, 2.24) is 5.43 Å². The number of carbonyl (C=O) groups is 2. The number of hydrogen-bond donors (Lipinski definition) is 3. The Labute approximate surface area is 91.8 Å². The van der Waals surface area contributed by atoms with Crippen LogP contribution in [-0.2, 0) is 11.2 Å². The second-order valence-corrected chi connectivity index (χ2v) is 3.00. The number of nitrogens with two attached hydrogens (primary N) is 1. The number of rotatable bonds is 4. The van der Waals surface area contributed by atoms with E-state index in [2.05, 4.69) is 5.10 Å². The van der Waals surface area contributed by atoms with Crippen molar-refractivity contribution in [3.63, 3.8) is 0 Å². The third-order valence-corrected chi connectivity index (χ3v) is 1.76. The largest absolute Gasteiger partial charge is 0.477 e. The molecule has 0 aliphatic heterocycles. The number of carbonyl (C=O) groups excluding carboxylic acids is 1. The lowest BCUT2D eigenvalue weighted by Crippen LogP contribution is -2.28. The monoisotopic (exact) mass is 221 g/mol. The minimum absolute atomic E-state index is 0.121. The van der Waals surface area contributed by atoms with Gasteiger partial charge in [-0.2, -0.15) is 5.10 Å². The molecule has 0 saturated heterocycles. The Bertz CT molecular complexity index is 415. The first kappa shape index (κ1) is 11.7. The number of carboxylic acids is 1. The zero-order valence-corrected chi connectivity index (χ0v) is 8.38. The highest BCUT2D eigenvalue weighted by Crippen LogP contribution is 2.01. The minimum Gasteiger partial charge on any atom is -0.477 e. The van der Waals surface area contributed by atoms with E-state index in [1.54, 1.807) is 24.3 Å². The molecule has 84 valence electrons. The maximum absolute atomic E-state index is 10.8. The molecule has 0 spiro atoms. The van der Waals surface area contributed by atoms with Crippen molar-refractivity contribution in [3.05, 3.63) is 35.9 Å². The molecule has 6 heteroatoms. The number of nitrogens with one attached hydrogen (secondary N) is 1. The summed E-state index contributed by atoms with van der Waals surface area (Å²) in [4.78, 5) is 21.2. The lowest BCUT2D eigenvalue weighted by Gasteiger charge is -2.01. The number of primary amides is 1. The smallest absolute Gasteiger partial charge is 0.352 e. The van der Waals surface area contributed by atoms with Gasteiger partial charge in [0.15, 0.2) is 0 Å². The van der Waals surface area contributed by atoms with Crippen molar-refractivity contribution in [3.8, 4) is 0 Å². The van der Waals surface area contributed by atoms with Crippen molar-refractivity contribution in [2.24, 2.45) is 10.8 Å². The summed E-state index contributed by atoms with van der Waals surface area (Å²) in [6, 6.07) is 8.03. The molecular weight excluding hydrogens is 210 g/mol. The molecular formula is C10H11N3O3. The minimum atomic E-state index is -1.20. The summed E-state index contributed by atoms with van der Waals surface area (Å²) in [5.74, 6) is -1.20. The van der Waals surface area contributed by atoms with E-state index in [1.807, 2.05) is 11.5 Å². The van der Waals surface area contributed by atoms with E-state index >= 15 is 0 Å². The predicted octanol–water partition coefficient (Wildman–Crippen LogP) is 0.338. The maximum Gasteiger partial charge on any atom is 0.352 e. The van der Waals surface area contributed by atoms with Crippen LogP contribution in [0.5, 0.6) is 0 Å². The lowest BCUT2D eigenvalue weighted by molar-refractivity contribution is -0.129. The molecule has 0 aliphatic carbocycles. The molecule has 0 unspecified atom stereocenters. The van der Waals surface area contributed by atoms with Crippen molar-refractivity contribution in [2.75, 3.05) is 0 Å². The van der Waals surface area contributed by atoms with Crippen molar-refractivity contribution < 1.29 is 14.7 Å². The lowest BCUT2D eigenvalue weighted by atomic mass is 10.1. The number of nitrogens with zero attached hydrogens (tertiary/aromatic N) is 1. The van der Waals surface area contributed by atoms with Gasteiger partial charge in [0.25, 0.3) is 0 Å². The van der Waals surface area contributed by atoms with Crippen LogP contribution < -0.4 is 11.2 Å². The molecule has 6 nitrogen and oxygen atoms in total. The van der Waals surface area contributed by atoms with Gasteiger partial charge < -0.3 is 10.8 Å². The number of benzene rings is 1. The SMILES string of the molecule is NC(=O)N/N=C(/Cc1ccccc1)C(=O)O. The number of aliphatic carboxylic acids is 1. The van der Waals surface area contributed by atoms with Gasteiger partial charge in [-0.1, -0.05) is 30.3 Å². The van der Waals surface area contributed by atoms with Crippen LogP contribution in [0, 0.1) is 0 Å². The number of hydrogen-bond acceptors (Lipinski definition) is 3. The van der Waals surface area contributed by atoms with Gasteiger partial charge in [0, 0.05) is 6.42 Å². The normalized spacial score (nSPS) is 10.9. The summed E-state index contributed by atoms with van der Waals surface area (Å²) < 4.78 is 0. The molecule has 1 aromatic rings. The van der Waals surface area contributed by atoms with E-state index in [0.29, 0.717) is 0 Å². The van der Waals surface area contributed by atoms with Gasteiger partial charge >= 0.3 is 12.0 Å². The van der Waals surface area contributed by atoms with E-state index in [1.165, 1.54) is 0 Å². The van der Waals surface area contributed by atoms with Crippen LogP contribution in [0.2, 0.25) is 0 Å². The van der Waals surface area contributed by atoms with Crippen LogP contribution in [0.3, 0.4) is 0 Å². The number of hydrazone groups is 1. The fraction of sp³-hybridized carbons (Fsp3) is 0.100. The first-order valence-electron chi connectivity index (χ1n) is 4.49. The fourth-order valence-electron chi connectivity index (χ4n) is 1.07. The molecule has 0 saturated carbocycles. The Morgan fingerprint density at radius 3 is 2.44 bits per heavy atom. The Morgan fingerprint density at radius 1 is 1.31 bits per heavy atom. The van der Waals surface area contributed by atoms with Gasteiger partial charge in [-0.15, -0.1) is 0 Å². The Morgan fingerprint density at radius 2 is 1.94 bits per heavy atom. The van der Waals surface area contributed by atoms with E-state index in [0.717, 1.165) is 5.56 Å².